The zero-order valence-corrected chi connectivity index (χ0v) is 15.1. The lowest BCUT2D eigenvalue weighted by Gasteiger charge is -2.12. The lowest BCUT2D eigenvalue weighted by molar-refractivity contribution is 0.786. The van der Waals surface area contributed by atoms with Gasteiger partial charge in [0, 0.05) is 37.5 Å². The van der Waals surface area contributed by atoms with Crippen molar-refractivity contribution in [2.24, 2.45) is 4.99 Å². The summed E-state index contributed by atoms with van der Waals surface area (Å²) in [4.78, 5) is 12.9. The summed E-state index contributed by atoms with van der Waals surface area (Å²) in [7, 11) is 1.77. The first-order valence-corrected chi connectivity index (χ1v) is 8.93. The summed E-state index contributed by atoms with van der Waals surface area (Å²) in [5.41, 5.74) is 3.27. The van der Waals surface area contributed by atoms with E-state index in [0.717, 1.165) is 46.6 Å². The summed E-state index contributed by atoms with van der Waals surface area (Å²) in [6.45, 7) is 3.49. The van der Waals surface area contributed by atoms with Gasteiger partial charge in [0.25, 0.3) is 0 Å². The van der Waals surface area contributed by atoms with Crippen molar-refractivity contribution in [2.45, 2.75) is 19.9 Å². The quantitative estimate of drug-likeness (QED) is 0.465. The van der Waals surface area contributed by atoms with E-state index in [2.05, 4.69) is 53.3 Å². The Kier molecular flexibility index (Phi) is 5.73. The van der Waals surface area contributed by atoms with Crippen LogP contribution < -0.4 is 10.6 Å². The van der Waals surface area contributed by atoms with Crippen molar-refractivity contribution in [3.05, 3.63) is 52.2 Å². The number of nitrogens with one attached hydrogen (secondary N) is 3. The first-order valence-electron chi connectivity index (χ1n) is 8.05. The van der Waals surface area contributed by atoms with Gasteiger partial charge < -0.3 is 10.6 Å². The second-order valence-electron chi connectivity index (χ2n) is 5.49. The molecule has 0 saturated carbocycles. The van der Waals surface area contributed by atoms with E-state index in [1.165, 1.54) is 6.33 Å². The van der Waals surface area contributed by atoms with Gasteiger partial charge in [-0.05, 0) is 18.6 Å². The van der Waals surface area contributed by atoms with Gasteiger partial charge in [-0.1, -0.05) is 18.2 Å². The van der Waals surface area contributed by atoms with Gasteiger partial charge in [0.15, 0.2) is 11.8 Å². The molecule has 130 valence electrons. The van der Waals surface area contributed by atoms with Gasteiger partial charge in [0.2, 0.25) is 0 Å². The monoisotopic (exact) mass is 355 g/mol. The third-order valence-corrected chi connectivity index (χ3v) is 4.46. The standard InChI is InChI=1S/C17H21N7S/c1-12-23-15(10-25-12)6-7-19-17(18-2)20-9-13-4-3-5-14(8-13)16-21-11-22-24-16/h3-5,8,10-11H,6-7,9H2,1-2H3,(H2,18,19,20)(H,21,22,24). The number of rotatable bonds is 6. The Morgan fingerprint density at radius 3 is 2.96 bits per heavy atom. The van der Waals surface area contributed by atoms with Gasteiger partial charge in [0.05, 0.1) is 10.7 Å². The molecule has 0 amide bonds. The molecule has 0 atom stereocenters. The zero-order valence-electron chi connectivity index (χ0n) is 14.3. The van der Waals surface area contributed by atoms with Crippen LogP contribution in [0.4, 0.5) is 0 Å². The molecule has 0 bridgehead atoms. The minimum atomic E-state index is 0.678. The molecule has 2 heterocycles. The topological polar surface area (TPSA) is 90.9 Å². The number of aromatic nitrogens is 4. The number of hydrogen-bond acceptors (Lipinski definition) is 5. The summed E-state index contributed by atoms with van der Waals surface area (Å²) in [5.74, 6) is 1.54. The van der Waals surface area contributed by atoms with E-state index in [-0.39, 0.29) is 0 Å². The molecule has 0 unspecified atom stereocenters. The summed E-state index contributed by atoms with van der Waals surface area (Å²) in [6.07, 6.45) is 2.39. The molecule has 0 saturated heterocycles. The fourth-order valence-electron chi connectivity index (χ4n) is 2.41. The Bertz CT molecular complexity index is 823. The number of hydrogen-bond donors (Lipinski definition) is 3. The van der Waals surface area contributed by atoms with E-state index >= 15 is 0 Å². The third kappa shape index (κ3) is 4.87. The Morgan fingerprint density at radius 2 is 2.24 bits per heavy atom. The highest BCUT2D eigenvalue weighted by molar-refractivity contribution is 7.09. The largest absolute Gasteiger partial charge is 0.356 e. The number of aliphatic imine (C=N–C) groups is 1. The van der Waals surface area contributed by atoms with Gasteiger partial charge in [-0.2, -0.15) is 5.10 Å². The maximum Gasteiger partial charge on any atom is 0.191 e. The number of benzene rings is 1. The van der Waals surface area contributed by atoms with Crippen molar-refractivity contribution >= 4 is 17.3 Å². The summed E-state index contributed by atoms with van der Waals surface area (Å²) < 4.78 is 0. The highest BCUT2D eigenvalue weighted by atomic mass is 32.1. The normalized spacial score (nSPS) is 11.5. The van der Waals surface area contributed by atoms with Crippen LogP contribution in [0.15, 0.2) is 41.0 Å². The van der Waals surface area contributed by atoms with Crippen LogP contribution in [0.3, 0.4) is 0 Å². The SMILES string of the molecule is CN=C(NCCc1csc(C)n1)NCc1cccc(-c2ncn[nH]2)c1. The molecule has 2 aromatic heterocycles. The number of thiazole rings is 1. The Morgan fingerprint density at radius 1 is 1.32 bits per heavy atom. The second kappa shape index (κ2) is 8.39. The number of aromatic amines is 1. The van der Waals surface area contributed by atoms with Crippen LogP contribution in [0, 0.1) is 6.92 Å². The molecule has 0 aliphatic rings. The number of nitrogens with zero attached hydrogens (tertiary/aromatic N) is 4. The predicted molar refractivity (Wildman–Crippen MR) is 101 cm³/mol. The molecule has 0 aliphatic carbocycles. The van der Waals surface area contributed by atoms with Crippen molar-refractivity contribution in [3.63, 3.8) is 0 Å². The van der Waals surface area contributed by atoms with Gasteiger partial charge in [0.1, 0.15) is 6.33 Å². The minimum Gasteiger partial charge on any atom is -0.356 e. The first kappa shape index (κ1) is 17.1. The van der Waals surface area contributed by atoms with Crippen LogP contribution in [0.1, 0.15) is 16.3 Å². The van der Waals surface area contributed by atoms with Crippen molar-refractivity contribution < 1.29 is 0 Å². The van der Waals surface area contributed by atoms with E-state index in [9.17, 15) is 0 Å². The van der Waals surface area contributed by atoms with Crippen molar-refractivity contribution in [1.82, 2.24) is 30.8 Å². The fraction of sp³-hybridized carbons (Fsp3) is 0.294. The maximum atomic E-state index is 4.47. The highest BCUT2D eigenvalue weighted by Crippen LogP contribution is 2.15. The van der Waals surface area contributed by atoms with Crippen molar-refractivity contribution in [2.75, 3.05) is 13.6 Å². The maximum absolute atomic E-state index is 4.47. The molecule has 0 fully saturated rings. The lowest BCUT2D eigenvalue weighted by Crippen LogP contribution is -2.37. The molecule has 0 spiro atoms. The van der Waals surface area contributed by atoms with Crippen molar-refractivity contribution in [1.29, 1.82) is 0 Å². The van der Waals surface area contributed by atoms with Crippen LogP contribution in [0.25, 0.3) is 11.4 Å². The molecular formula is C17H21N7S. The molecule has 3 N–H and O–H groups in total. The average Bonchev–Trinajstić information content (AvgIpc) is 3.30. The minimum absolute atomic E-state index is 0.678. The molecule has 25 heavy (non-hydrogen) atoms. The zero-order chi connectivity index (χ0) is 17.5. The number of H-pyrrole nitrogens is 1. The van der Waals surface area contributed by atoms with Crippen LogP contribution in [0.2, 0.25) is 0 Å². The highest BCUT2D eigenvalue weighted by Gasteiger charge is 2.04. The van der Waals surface area contributed by atoms with Gasteiger partial charge >= 0.3 is 0 Å². The molecular weight excluding hydrogens is 334 g/mol. The summed E-state index contributed by atoms with van der Waals surface area (Å²) in [5, 5.41) is 16.6. The van der Waals surface area contributed by atoms with E-state index in [1.54, 1.807) is 18.4 Å². The molecule has 8 heteroatoms. The molecule has 0 radical (unpaired) electrons. The van der Waals surface area contributed by atoms with Crippen LogP contribution >= 0.6 is 11.3 Å². The predicted octanol–water partition coefficient (Wildman–Crippen LogP) is 2.14. The first-order chi connectivity index (χ1) is 12.2. The Labute approximate surface area is 150 Å². The van der Waals surface area contributed by atoms with Gasteiger partial charge in [-0.15, -0.1) is 11.3 Å². The lowest BCUT2D eigenvalue weighted by atomic mass is 10.1. The van der Waals surface area contributed by atoms with Gasteiger partial charge in [-0.3, -0.25) is 10.1 Å². The fourth-order valence-corrected chi connectivity index (χ4v) is 3.06. The molecule has 3 rings (SSSR count). The van der Waals surface area contributed by atoms with Crippen LogP contribution in [0.5, 0.6) is 0 Å². The third-order valence-electron chi connectivity index (χ3n) is 3.64. The molecule has 7 nitrogen and oxygen atoms in total. The number of guanidine groups is 1. The second-order valence-corrected chi connectivity index (χ2v) is 6.56. The molecule has 1 aromatic carbocycles. The average molecular weight is 355 g/mol. The number of aryl methyl sites for hydroxylation is 1. The van der Waals surface area contributed by atoms with Crippen LogP contribution in [-0.4, -0.2) is 39.7 Å². The van der Waals surface area contributed by atoms with Crippen LogP contribution in [-0.2, 0) is 13.0 Å². The van der Waals surface area contributed by atoms with E-state index < -0.39 is 0 Å². The van der Waals surface area contributed by atoms with Gasteiger partial charge in [-0.25, -0.2) is 9.97 Å². The molecule has 0 aliphatic heterocycles. The van der Waals surface area contributed by atoms with Crippen molar-refractivity contribution in [3.8, 4) is 11.4 Å². The summed E-state index contributed by atoms with van der Waals surface area (Å²) in [6, 6.07) is 8.17. The Hall–Kier alpha value is -2.74. The Balaban J connectivity index is 1.50. The van der Waals surface area contributed by atoms with E-state index in [4.69, 9.17) is 0 Å². The molecule has 3 aromatic rings. The van der Waals surface area contributed by atoms with E-state index in [0.29, 0.717) is 6.54 Å². The van der Waals surface area contributed by atoms with E-state index in [1.807, 2.05) is 19.1 Å². The summed E-state index contributed by atoms with van der Waals surface area (Å²) >= 11 is 1.68. The smallest absolute Gasteiger partial charge is 0.191 e.